The first-order chi connectivity index (χ1) is 13.3. The molecule has 2 N–H and O–H groups in total. The molecule has 0 atom stereocenters. The Balaban J connectivity index is 2.18. The SMILES string of the molecule is Cc1cc(N(C)C)ccc1C(c1ccc(N)cc1)c1ccc(N(C)C)cc1C. The van der Waals surface area contributed by atoms with Gasteiger partial charge in [0.15, 0.2) is 0 Å². The first-order valence-electron chi connectivity index (χ1n) is 9.69. The summed E-state index contributed by atoms with van der Waals surface area (Å²) in [6.07, 6.45) is 0. The lowest BCUT2D eigenvalue weighted by Crippen LogP contribution is -2.12. The standard InChI is InChI=1S/C25H31N3/c1-17-15-21(27(3)4)11-13-23(17)25(19-7-9-20(26)10-8-19)24-14-12-22(28(5)6)16-18(24)2/h7-16,25H,26H2,1-6H3. The lowest BCUT2D eigenvalue weighted by atomic mass is 9.81. The summed E-state index contributed by atoms with van der Waals surface area (Å²) < 4.78 is 0. The first kappa shape index (κ1) is 19.8. The van der Waals surface area contributed by atoms with E-state index in [1.807, 2.05) is 12.1 Å². The third-order valence-electron chi connectivity index (χ3n) is 5.43. The second-order valence-corrected chi connectivity index (χ2v) is 7.97. The first-order valence-corrected chi connectivity index (χ1v) is 9.69. The van der Waals surface area contributed by atoms with Crippen molar-refractivity contribution in [1.82, 2.24) is 0 Å². The second-order valence-electron chi connectivity index (χ2n) is 7.97. The van der Waals surface area contributed by atoms with Gasteiger partial charge in [-0.3, -0.25) is 0 Å². The van der Waals surface area contributed by atoms with E-state index >= 15 is 0 Å². The summed E-state index contributed by atoms with van der Waals surface area (Å²) in [5.74, 6) is 0.174. The molecule has 0 saturated heterocycles. The zero-order valence-corrected chi connectivity index (χ0v) is 17.8. The molecule has 3 rings (SSSR count). The minimum atomic E-state index is 0.174. The minimum absolute atomic E-state index is 0.174. The average Bonchev–Trinajstić information content (AvgIpc) is 2.65. The highest BCUT2D eigenvalue weighted by Gasteiger charge is 2.21. The Bertz CT molecular complexity index is 899. The van der Waals surface area contributed by atoms with Crippen LogP contribution in [0.1, 0.15) is 33.7 Å². The van der Waals surface area contributed by atoms with E-state index in [1.165, 1.54) is 39.2 Å². The maximum atomic E-state index is 5.96. The summed E-state index contributed by atoms with van der Waals surface area (Å²) in [5.41, 5.74) is 15.7. The fourth-order valence-corrected chi connectivity index (χ4v) is 3.74. The van der Waals surface area contributed by atoms with Crippen LogP contribution in [0.4, 0.5) is 17.1 Å². The largest absolute Gasteiger partial charge is 0.399 e. The van der Waals surface area contributed by atoms with E-state index in [-0.39, 0.29) is 5.92 Å². The van der Waals surface area contributed by atoms with Crippen molar-refractivity contribution in [3.8, 4) is 0 Å². The van der Waals surface area contributed by atoms with Crippen LogP contribution < -0.4 is 15.5 Å². The molecule has 0 radical (unpaired) electrons. The van der Waals surface area contributed by atoms with Gasteiger partial charge in [0.05, 0.1) is 0 Å². The highest BCUT2D eigenvalue weighted by Crippen LogP contribution is 2.37. The molecule has 3 aromatic carbocycles. The van der Waals surface area contributed by atoms with Crippen molar-refractivity contribution in [2.45, 2.75) is 19.8 Å². The van der Waals surface area contributed by atoms with Crippen molar-refractivity contribution in [2.24, 2.45) is 0 Å². The van der Waals surface area contributed by atoms with Crippen LogP contribution in [-0.2, 0) is 0 Å². The molecule has 0 aliphatic heterocycles. The fourth-order valence-electron chi connectivity index (χ4n) is 3.74. The van der Waals surface area contributed by atoms with Gasteiger partial charge in [-0.15, -0.1) is 0 Å². The molecule has 3 heteroatoms. The summed E-state index contributed by atoms with van der Waals surface area (Å²) in [6.45, 7) is 4.41. The molecule has 146 valence electrons. The van der Waals surface area contributed by atoms with E-state index in [4.69, 9.17) is 5.73 Å². The minimum Gasteiger partial charge on any atom is -0.399 e. The molecule has 3 aromatic rings. The Morgan fingerprint density at radius 2 is 1.07 bits per heavy atom. The second kappa shape index (κ2) is 7.97. The number of benzene rings is 3. The van der Waals surface area contributed by atoms with Crippen molar-refractivity contribution in [3.05, 3.63) is 88.5 Å². The normalized spacial score (nSPS) is 11.0. The molecule has 0 fully saturated rings. The summed E-state index contributed by atoms with van der Waals surface area (Å²) in [5, 5.41) is 0. The Morgan fingerprint density at radius 1 is 0.643 bits per heavy atom. The predicted octanol–water partition coefficient (Wildman–Crippen LogP) is 5.20. The van der Waals surface area contributed by atoms with E-state index in [0.717, 1.165) is 5.69 Å². The van der Waals surface area contributed by atoms with Crippen LogP contribution in [0.5, 0.6) is 0 Å². The summed E-state index contributed by atoms with van der Waals surface area (Å²) in [7, 11) is 8.32. The number of aryl methyl sites for hydroxylation is 2. The number of nitrogen functional groups attached to an aromatic ring is 1. The van der Waals surface area contributed by atoms with Crippen molar-refractivity contribution in [3.63, 3.8) is 0 Å². The maximum Gasteiger partial charge on any atom is 0.0363 e. The van der Waals surface area contributed by atoms with Crippen LogP contribution in [0.2, 0.25) is 0 Å². The summed E-state index contributed by atoms with van der Waals surface area (Å²) in [6, 6.07) is 21.8. The summed E-state index contributed by atoms with van der Waals surface area (Å²) in [4.78, 5) is 4.29. The molecule has 0 spiro atoms. The number of nitrogens with two attached hydrogens (primary N) is 1. The molecule has 0 heterocycles. The van der Waals surface area contributed by atoms with Crippen molar-refractivity contribution >= 4 is 17.1 Å². The van der Waals surface area contributed by atoms with Crippen LogP contribution >= 0.6 is 0 Å². The van der Waals surface area contributed by atoms with Crippen LogP contribution in [0.3, 0.4) is 0 Å². The highest BCUT2D eigenvalue weighted by molar-refractivity contribution is 5.58. The maximum absolute atomic E-state index is 5.96. The zero-order chi connectivity index (χ0) is 20.4. The van der Waals surface area contributed by atoms with Crippen LogP contribution in [-0.4, -0.2) is 28.2 Å². The monoisotopic (exact) mass is 373 g/mol. The van der Waals surface area contributed by atoms with Gasteiger partial charge < -0.3 is 15.5 Å². The van der Waals surface area contributed by atoms with Crippen LogP contribution in [0.25, 0.3) is 0 Å². The molecule has 0 aromatic heterocycles. The number of hydrogen-bond donors (Lipinski definition) is 1. The molecule has 0 amide bonds. The van der Waals surface area contributed by atoms with Crippen molar-refractivity contribution in [1.29, 1.82) is 0 Å². The van der Waals surface area contributed by atoms with E-state index in [2.05, 4.69) is 100 Å². The molecular formula is C25H31N3. The zero-order valence-electron chi connectivity index (χ0n) is 17.8. The highest BCUT2D eigenvalue weighted by atomic mass is 15.1. The lowest BCUT2D eigenvalue weighted by molar-refractivity contribution is 0.945. The van der Waals surface area contributed by atoms with E-state index in [1.54, 1.807) is 0 Å². The van der Waals surface area contributed by atoms with Crippen molar-refractivity contribution < 1.29 is 0 Å². The Morgan fingerprint density at radius 3 is 1.43 bits per heavy atom. The average molecular weight is 374 g/mol. The molecule has 0 aliphatic rings. The number of hydrogen-bond acceptors (Lipinski definition) is 3. The molecule has 28 heavy (non-hydrogen) atoms. The van der Waals surface area contributed by atoms with Gasteiger partial charge in [-0.2, -0.15) is 0 Å². The number of nitrogens with zero attached hydrogens (tertiary/aromatic N) is 2. The smallest absolute Gasteiger partial charge is 0.0363 e. The predicted molar refractivity (Wildman–Crippen MR) is 123 cm³/mol. The van der Waals surface area contributed by atoms with E-state index < -0.39 is 0 Å². The number of anilines is 3. The van der Waals surface area contributed by atoms with Crippen LogP contribution in [0, 0.1) is 13.8 Å². The van der Waals surface area contributed by atoms with Gasteiger partial charge in [0.1, 0.15) is 0 Å². The van der Waals surface area contributed by atoms with E-state index in [9.17, 15) is 0 Å². The van der Waals surface area contributed by atoms with E-state index in [0.29, 0.717) is 0 Å². The van der Waals surface area contributed by atoms with Gasteiger partial charge in [-0.25, -0.2) is 0 Å². The molecule has 0 saturated carbocycles. The van der Waals surface area contributed by atoms with Crippen LogP contribution in [0.15, 0.2) is 60.7 Å². The Hall–Kier alpha value is -2.94. The Kier molecular flexibility index (Phi) is 5.64. The Labute approximate surface area is 169 Å². The molecule has 0 unspecified atom stereocenters. The molecule has 0 bridgehead atoms. The molecule has 3 nitrogen and oxygen atoms in total. The third-order valence-corrected chi connectivity index (χ3v) is 5.43. The summed E-state index contributed by atoms with van der Waals surface area (Å²) >= 11 is 0. The molecule has 0 aliphatic carbocycles. The molecular weight excluding hydrogens is 342 g/mol. The van der Waals surface area contributed by atoms with Gasteiger partial charge in [-0.1, -0.05) is 24.3 Å². The van der Waals surface area contributed by atoms with Crippen molar-refractivity contribution in [2.75, 3.05) is 43.7 Å². The van der Waals surface area contributed by atoms with Gasteiger partial charge >= 0.3 is 0 Å². The quantitative estimate of drug-likeness (QED) is 0.493. The van der Waals surface area contributed by atoms with Gasteiger partial charge in [0.2, 0.25) is 0 Å². The van der Waals surface area contributed by atoms with Gasteiger partial charge in [0.25, 0.3) is 0 Å². The van der Waals surface area contributed by atoms with Gasteiger partial charge in [0, 0.05) is 51.2 Å². The number of rotatable bonds is 5. The third kappa shape index (κ3) is 3.99. The fraction of sp³-hybridized carbons (Fsp3) is 0.280. The van der Waals surface area contributed by atoms with Gasteiger partial charge in [-0.05, 0) is 78.1 Å². The topological polar surface area (TPSA) is 32.5 Å². The lowest BCUT2D eigenvalue weighted by Gasteiger charge is -2.25.